The molecule has 3 rings (SSSR count). The highest BCUT2D eigenvalue weighted by Crippen LogP contribution is 2.21. The largest absolute Gasteiger partial charge is 0.490 e. The average molecular weight is 307 g/mol. The molecule has 0 radical (unpaired) electrons. The van der Waals surface area contributed by atoms with Crippen LogP contribution in [0.2, 0.25) is 0 Å². The number of hydrogen-bond donors (Lipinski definition) is 1. The lowest BCUT2D eigenvalue weighted by atomic mass is 10.1. The second-order valence-electron chi connectivity index (χ2n) is 5.01. The highest BCUT2D eigenvalue weighted by Gasteiger charge is 2.09. The second-order valence-corrected chi connectivity index (χ2v) is 5.01. The summed E-state index contributed by atoms with van der Waals surface area (Å²) >= 11 is 0. The van der Waals surface area contributed by atoms with E-state index in [0.717, 1.165) is 5.39 Å². The van der Waals surface area contributed by atoms with Gasteiger partial charge in [-0.15, -0.1) is 0 Å². The molecule has 5 heteroatoms. The lowest BCUT2D eigenvalue weighted by molar-refractivity contribution is 0.108. The topological polar surface area (TPSA) is 83.5 Å². The van der Waals surface area contributed by atoms with Crippen molar-refractivity contribution in [2.75, 3.05) is 6.61 Å². The lowest BCUT2D eigenvalue weighted by Crippen LogP contribution is -2.09. The smallest absolute Gasteiger partial charge is 0.336 e. The number of nitriles is 1. The second kappa shape index (κ2) is 6.34. The third-order valence-corrected chi connectivity index (χ3v) is 3.43. The van der Waals surface area contributed by atoms with Crippen molar-refractivity contribution in [3.8, 4) is 11.8 Å². The predicted molar refractivity (Wildman–Crippen MR) is 84.1 cm³/mol. The van der Waals surface area contributed by atoms with E-state index in [0.29, 0.717) is 22.5 Å². The molecule has 1 heterocycles. The number of ether oxygens (including phenoxy) is 1. The SMILES string of the molecule is N#Cc1ccc(C(O)COc2ccc3ccc(=O)oc3c2)cc1. The Labute approximate surface area is 132 Å². The van der Waals surface area contributed by atoms with Gasteiger partial charge in [0.15, 0.2) is 0 Å². The van der Waals surface area contributed by atoms with E-state index in [9.17, 15) is 9.90 Å². The fourth-order valence-corrected chi connectivity index (χ4v) is 2.18. The van der Waals surface area contributed by atoms with E-state index in [1.807, 2.05) is 6.07 Å². The van der Waals surface area contributed by atoms with Crippen LogP contribution in [0.25, 0.3) is 11.0 Å². The predicted octanol–water partition coefficient (Wildman–Crippen LogP) is 2.78. The van der Waals surface area contributed by atoms with Gasteiger partial charge < -0.3 is 14.3 Å². The Bertz CT molecular complexity index is 922. The maximum Gasteiger partial charge on any atom is 0.336 e. The number of benzene rings is 2. The van der Waals surface area contributed by atoms with Crippen molar-refractivity contribution in [3.05, 3.63) is 76.1 Å². The summed E-state index contributed by atoms with van der Waals surface area (Å²) in [5, 5.41) is 19.7. The van der Waals surface area contributed by atoms with Gasteiger partial charge in [0.2, 0.25) is 0 Å². The Kier molecular flexibility index (Phi) is 4.09. The quantitative estimate of drug-likeness (QED) is 0.749. The summed E-state index contributed by atoms with van der Waals surface area (Å²) in [5.41, 5.74) is 1.21. The van der Waals surface area contributed by atoms with E-state index in [1.54, 1.807) is 48.5 Å². The van der Waals surface area contributed by atoms with Gasteiger partial charge in [0.1, 0.15) is 24.0 Å². The Hall–Kier alpha value is -3.10. The zero-order valence-electron chi connectivity index (χ0n) is 12.1. The van der Waals surface area contributed by atoms with Crippen LogP contribution in [0.4, 0.5) is 0 Å². The van der Waals surface area contributed by atoms with Crippen molar-refractivity contribution >= 4 is 11.0 Å². The van der Waals surface area contributed by atoms with Crippen LogP contribution >= 0.6 is 0 Å². The molecule has 114 valence electrons. The summed E-state index contributed by atoms with van der Waals surface area (Å²) < 4.78 is 10.6. The number of aliphatic hydroxyl groups is 1. The molecule has 5 nitrogen and oxygen atoms in total. The summed E-state index contributed by atoms with van der Waals surface area (Å²) in [6, 6.07) is 16.9. The molecular weight excluding hydrogens is 294 g/mol. The van der Waals surface area contributed by atoms with Crippen molar-refractivity contribution in [1.29, 1.82) is 5.26 Å². The van der Waals surface area contributed by atoms with Crippen LogP contribution in [-0.4, -0.2) is 11.7 Å². The van der Waals surface area contributed by atoms with Crippen molar-refractivity contribution in [1.82, 2.24) is 0 Å². The molecule has 1 atom stereocenters. The number of nitrogens with zero attached hydrogens (tertiary/aromatic N) is 1. The van der Waals surface area contributed by atoms with E-state index in [-0.39, 0.29) is 6.61 Å². The molecule has 0 spiro atoms. The molecular formula is C18H13NO4. The van der Waals surface area contributed by atoms with Crippen LogP contribution in [0.3, 0.4) is 0 Å². The molecule has 0 bridgehead atoms. The fraction of sp³-hybridized carbons (Fsp3) is 0.111. The van der Waals surface area contributed by atoms with Gasteiger partial charge in [-0.25, -0.2) is 4.79 Å². The van der Waals surface area contributed by atoms with Gasteiger partial charge in [-0.2, -0.15) is 5.26 Å². The Morgan fingerprint density at radius 2 is 1.87 bits per heavy atom. The molecule has 0 saturated heterocycles. The van der Waals surface area contributed by atoms with E-state index >= 15 is 0 Å². The minimum absolute atomic E-state index is 0.0501. The fourth-order valence-electron chi connectivity index (χ4n) is 2.18. The van der Waals surface area contributed by atoms with Crippen LogP contribution < -0.4 is 10.4 Å². The van der Waals surface area contributed by atoms with Gasteiger partial charge in [-0.05, 0) is 35.9 Å². The average Bonchev–Trinajstić information content (AvgIpc) is 2.59. The van der Waals surface area contributed by atoms with Crippen LogP contribution in [0.1, 0.15) is 17.2 Å². The standard InChI is InChI=1S/C18H13NO4/c19-10-12-1-3-13(4-2-12)16(20)11-22-15-7-5-14-6-8-18(21)23-17(14)9-15/h1-9,16,20H,11H2. The Morgan fingerprint density at radius 1 is 1.13 bits per heavy atom. The zero-order valence-corrected chi connectivity index (χ0v) is 12.1. The van der Waals surface area contributed by atoms with Gasteiger partial charge in [-0.1, -0.05) is 12.1 Å². The zero-order chi connectivity index (χ0) is 16.2. The summed E-state index contributed by atoms with van der Waals surface area (Å²) in [4.78, 5) is 11.2. The summed E-state index contributed by atoms with van der Waals surface area (Å²) in [6.07, 6.45) is -0.818. The minimum Gasteiger partial charge on any atom is -0.490 e. The molecule has 2 aromatic carbocycles. The molecule has 0 saturated carbocycles. The lowest BCUT2D eigenvalue weighted by Gasteiger charge is -2.13. The molecule has 0 amide bonds. The van der Waals surface area contributed by atoms with E-state index < -0.39 is 11.7 Å². The highest BCUT2D eigenvalue weighted by molar-refractivity contribution is 5.77. The van der Waals surface area contributed by atoms with Crippen molar-refractivity contribution in [2.45, 2.75) is 6.10 Å². The summed E-state index contributed by atoms with van der Waals surface area (Å²) in [6.45, 7) is 0.0501. The van der Waals surface area contributed by atoms with Crippen molar-refractivity contribution in [3.63, 3.8) is 0 Å². The monoisotopic (exact) mass is 307 g/mol. The first-order valence-electron chi connectivity index (χ1n) is 7.00. The molecule has 1 aromatic heterocycles. The number of rotatable bonds is 4. The van der Waals surface area contributed by atoms with Gasteiger partial charge in [0.25, 0.3) is 0 Å². The van der Waals surface area contributed by atoms with Crippen LogP contribution in [0.15, 0.2) is 63.8 Å². The molecule has 0 aliphatic carbocycles. The van der Waals surface area contributed by atoms with Crippen molar-refractivity contribution in [2.24, 2.45) is 0 Å². The Balaban J connectivity index is 1.71. The van der Waals surface area contributed by atoms with Crippen LogP contribution in [-0.2, 0) is 0 Å². The first kappa shape index (κ1) is 14.8. The Morgan fingerprint density at radius 3 is 2.61 bits per heavy atom. The first-order chi connectivity index (χ1) is 11.2. The van der Waals surface area contributed by atoms with Crippen LogP contribution in [0, 0.1) is 11.3 Å². The highest BCUT2D eigenvalue weighted by atomic mass is 16.5. The van der Waals surface area contributed by atoms with Crippen molar-refractivity contribution < 1.29 is 14.3 Å². The van der Waals surface area contributed by atoms with Gasteiger partial charge in [-0.3, -0.25) is 0 Å². The third kappa shape index (κ3) is 3.39. The maximum atomic E-state index is 11.2. The molecule has 0 fully saturated rings. The molecule has 1 N–H and O–H groups in total. The van der Waals surface area contributed by atoms with Gasteiger partial charge in [0, 0.05) is 17.5 Å². The summed E-state index contributed by atoms with van der Waals surface area (Å²) in [7, 11) is 0. The van der Waals surface area contributed by atoms with E-state index in [4.69, 9.17) is 14.4 Å². The van der Waals surface area contributed by atoms with Gasteiger partial charge >= 0.3 is 5.63 Å². The molecule has 0 aliphatic heterocycles. The maximum absolute atomic E-state index is 11.2. The van der Waals surface area contributed by atoms with Crippen LogP contribution in [0.5, 0.6) is 5.75 Å². The van der Waals surface area contributed by atoms with E-state index in [2.05, 4.69) is 0 Å². The number of aliphatic hydroxyl groups excluding tert-OH is 1. The molecule has 1 unspecified atom stereocenters. The number of hydrogen-bond acceptors (Lipinski definition) is 5. The molecule has 23 heavy (non-hydrogen) atoms. The van der Waals surface area contributed by atoms with E-state index in [1.165, 1.54) is 6.07 Å². The van der Waals surface area contributed by atoms with Gasteiger partial charge in [0.05, 0.1) is 11.6 Å². The molecule has 3 aromatic rings. The number of fused-ring (bicyclic) bond motifs is 1. The normalized spacial score (nSPS) is 11.8. The molecule has 0 aliphatic rings. The minimum atomic E-state index is -0.818. The third-order valence-electron chi connectivity index (χ3n) is 3.43. The first-order valence-corrected chi connectivity index (χ1v) is 7.00. The summed E-state index contributed by atoms with van der Waals surface area (Å²) in [5.74, 6) is 0.500.